The molecule has 1 unspecified atom stereocenters. The van der Waals surface area contributed by atoms with Gasteiger partial charge < -0.3 is 16.1 Å². The van der Waals surface area contributed by atoms with Crippen molar-refractivity contribution in [3.63, 3.8) is 0 Å². The van der Waals surface area contributed by atoms with E-state index in [-0.39, 0.29) is 11.8 Å². The molecule has 0 spiro atoms. The molecule has 0 saturated heterocycles. The maximum Gasteiger partial charge on any atom is 0.254 e. The highest BCUT2D eigenvalue weighted by molar-refractivity contribution is 6.01. The number of nitrogens with two attached hydrogens (primary N) is 1. The molecule has 2 amide bonds. The molecule has 0 heterocycles. The monoisotopic (exact) mass is 264 g/mol. The van der Waals surface area contributed by atoms with Crippen molar-refractivity contribution in [2.75, 3.05) is 12.0 Å². The molecule has 1 aromatic rings. The number of hydrogen-bond donors (Lipinski definition) is 4. The van der Waals surface area contributed by atoms with Crippen LogP contribution in [0.1, 0.15) is 30.6 Å². The molecule has 0 saturated carbocycles. The number of nitrogen functional groups attached to an aromatic ring is 1. The number of para-hydroxylation sites is 1. The predicted octanol–water partition coefficient (Wildman–Crippen LogP) is 0.617. The van der Waals surface area contributed by atoms with E-state index in [1.165, 1.54) is 0 Å². The number of carbonyl (C=O) groups is 2. The van der Waals surface area contributed by atoms with Gasteiger partial charge in [-0.15, -0.1) is 0 Å². The Bertz CT molecular complexity index is 448. The summed E-state index contributed by atoms with van der Waals surface area (Å²) in [6, 6.07) is 6.24. The second-order valence-electron chi connectivity index (χ2n) is 4.18. The number of carbonyl (C=O) groups excluding carboxylic acids is 2. The van der Waals surface area contributed by atoms with Crippen molar-refractivity contribution < 1.29 is 9.59 Å². The molecular formula is C13H20N4O2. The Morgan fingerprint density at radius 1 is 1.32 bits per heavy atom. The summed E-state index contributed by atoms with van der Waals surface area (Å²) < 4.78 is 0. The highest BCUT2D eigenvalue weighted by Gasteiger charge is 2.17. The highest BCUT2D eigenvalue weighted by atomic mass is 16.2. The summed E-state index contributed by atoms with van der Waals surface area (Å²) in [6.07, 6.45) is 0.854. The van der Waals surface area contributed by atoms with Gasteiger partial charge in [0.25, 0.3) is 5.91 Å². The van der Waals surface area contributed by atoms with Crippen molar-refractivity contribution in [2.24, 2.45) is 5.84 Å². The number of anilines is 1. The maximum absolute atomic E-state index is 12.0. The minimum Gasteiger partial charge on any atom is -0.354 e. The molecule has 19 heavy (non-hydrogen) atoms. The summed E-state index contributed by atoms with van der Waals surface area (Å²) in [5.74, 6) is 4.79. The lowest BCUT2D eigenvalue weighted by Crippen LogP contribution is -2.45. The Morgan fingerprint density at radius 2 is 2.00 bits per heavy atom. The molecule has 104 valence electrons. The van der Waals surface area contributed by atoms with Crippen LogP contribution in [0.3, 0.4) is 0 Å². The van der Waals surface area contributed by atoms with E-state index in [1.54, 1.807) is 31.2 Å². The first kappa shape index (κ1) is 15.0. The van der Waals surface area contributed by atoms with Crippen molar-refractivity contribution in [3.05, 3.63) is 29.8 Å². The van der Waals surface area contributed by atoms with Gasteiger partial charge in [-0.05, 0) is 25.5 Å². The summed E-state index contributed by atoms with van der Waals surface area (Å²) in [4.78, 5) is 23.7. The second kappa shape index (κ2) is 7.38. The van der Waals surface area contributed by atoms with Crippen LogP contribution < -0.4 is 21.9 Å². The van der Waals surface area contributed by atoms with Gasteiger partial charge in [-0.25, -0.2) is 0 Å². The lowest BCUT2D eigenvalue weighted by atomic mass is 10.1. The largest absolute Gasteiger partial charge is 0.354 e. The van der Waals surface area contributed by atoms with Gasteiger partial charge in [0.15, 0.2) is 0 Å². The first-order valence-corrected chi connectivity index (χ1v) is 6.24. The molecule has 6 nitrogen and oxygen atoms in total. The molecule has 0 aliphatic rings. The van der Waals surface area contributed by atoms with E-state index in [0.29, 0.717) is 17.8 Å². The number of hydrazine groups is 1. The SMILES string of the molecule is CCCNC(=O)C(C)NC(=O)c1ccccc1NN. The Morgan fingerprint density at radius 3 is 2.63 bits per heavy atom. The third-order valence-electron chi connectivity index (χ3n) is 2.62. The van der Waals surface area contributed by atoms with E-state index < -0.39 is 6.04 Å². The molecule has 1 rings (SSSR count). The lowest BCUT2D eigenvalue weighted by molar-refractivity contribution is -0.122. The van der Waals surface area contributed by atoms with Crippen LogP contribution in [-0.2, 0) is 4.79 Å². The third-order valence-corrected chi connectivity index (χ3v) is 2.62. The van der Waals surface area contributed by atoms with Crippen LogP contribution in [0, 0.1) is 0 Å². The van der Waals surface area contributed by atoms with Crippen molar-refractivity contribution in [1.82, 2.24) is 10.6 Å². The summed E-state index contributed by atoms with van der Waals surface area (Å²) >= 11 is 0. The Kier molecular flexibility index (Phi) is 5.81. The summed E-state index contributed by atoms with van der Waals surface area (Å²) in [5, 5.41) is 5.36. The molecule has 0 radical (unpaired) electrons. The fraction of sp³-hybridized carbons (Fsp3) is 0.385. The van der Waals surface area contributed by atoms with Gasteiger partial charge in [-0.2, -0.15) is 0 Å². The van der Waals surface area contributed by atoms with Crippen molar-refractivity contribution >= 4 is 17.5 Å². The topological polar surface area (TPSA) is 96.2 Å². The molecule has 0 fully saturated rings. The standard InChI is InChI=1S/C13H20N4O2/c1-3-8-15-12(18)9(2)16-13(19)10-6-4-5-7-11(10)17-14/h4-7,9,17H,3,8,14H2,1-2H3,(H,15,18)(H,16,19). The average Bonchev–Trinajstić information content (AvgIpc) is 2.44. The Labute approximate surface area is 112 Å². The number of rotatable bonds is 6. The molecule has 1 aromatic carbocycles. The molecule has 5 N–H and O–H groups in total. The van der Waals surface area contributed by atoms with Crippen LogP contribution in [0.4, 0.5) is 5.69 Å². The fourth-order valence-corrected chi connectivity index (χ4v) is 1.55. The zero-order valence-electron chi connectivity index (χ0n) is 11.2. The normalized spacial score (nSPS) is 11.5. The lowest BCUT2D eigenvalue weighted by Gasteiger charge is -2.15. The van der Waals surface area contributed by atoms with Crippen molar-refractivity contribution in [3.8, 4) is 0 Å². The first-order chi connectivity index (χ1) is 9.10. The van der Waals surface area contributed by atoms with E-state index in [0.717, 1.165) is 6.42 Å². The molecule has 0 aliphatic heterocycles. The van der Waals surface area contributed by atoms with Crippen LogP contribution in [0.5, 0.6) is 0 Å². The fourth-order valence-electron chi connectivity index (χ4n) is 1.55. The van der Waals surface area contributed by atoms with E-state index in [1.807, 2.05) is 6.92 Å². The summed E-state index contributed by atoms with van der Waals surface area (Å²) in [5.41, 5.74) is 3.37. The number of nitrogens with one attached hydrogen (secondary N) is 3. The molecule has 0 bridgehead atoms. The summed E-state index contributed by atoms with van der Waals surface area (Å²) in [6.45, 7) is 4.20. The average molecular weight is 264 g/mol. The van der Waals surface area contributed by atoms with Crippen LogP contribution in [-0.4, -0.2) is 24.4 Å². The van der Waals surface area contributed by atoms with Gasteiger partial charge in [0.1, 0.15) is 6.04 Å². The molecule has 6 heteroatoms. The number of benzene rings is 1. The second-order valence-corrected chi connectivity index (χ2v) is 4.18. The van der Waals surface area contributed by atoms with Gasteiger partial charge in [0, 0.05) is 6.54 Å². The Balaban J connectivity index is 2.66. The quantitative estimate of drug-likeness (QED) is 0.447. The van der Waals surface area contributed by atoms with Crippen LogP contribution in [0.15, 0.2) is 24.3 Å². The number of hydrogen-bond acceptors (Lipinski definition) is 4. The number of amides is 2. The van der Waals surface area contributed by atoms with Crippen LogP contribution in [0.2, 0.25) is 0 Å². The van der Waals surface area contributed by atoms with Gasteiger partial charge in [0.2, 0.25) is 5.91 Å². The maximum atomic E-state index is 12.0. The Hall–Kier alpha value is -2.08. The smallest absolute Gasteiger partial charge is 0.254 e. The highest BCUT2D eigenvalue weighted by Crippen LogP contribution is 2.13. The van der Waals surface area contributed by atoms with E-state index in [9.17, 15) is 9.59 Å². The van der Waals surface area contributed by atoms with E-state index in [4.69, 9.17) is 5.84 Å². The molecular weight excluding hydrogens is 244 g/mol. The minimum absolute atomic E-state index is 0.201. The summed E-state index contributed by atoms with van der Waals surface area (Å²) in [7, 11) is 0. The molecule has 0 aliphatic carbocycles. The molecule has 0 aromatic heterocycles. The van der Waals surface area contributed by atoms with E-state index in [2.05, 4.69) is 16.1 Å². The third kappa shape index (κ3) is 4.26. The van der Waals surface area contributed by atoms with Crippen LogP contribution in [0.25, 0.3) is 0 Å². The van der Waals surface area contributed by atoms with E-state index >= 15 is 0 Å². The van der Waals surface area contributed by atoms with Crippen LogP contribution >= 0.6 is 0 Å². The first-order valence-electron chi connectivity index (χ1n) is 6.24. The minimum atomic E-state index is -0.593. The zero-order chi connectivity index (χ0) is 14.3. The van der Waals surface area contributed by atoms with Crippen molar-refractivity contribution in [2.45, 2.75) is 26.3 Å². The van der Waals surface area contributed by atoms with Gasteiger partial charge in [-0.1, -0.05) is 19.1 Å². The predicted molar refractivity (Wildman–Crippen MR) is 74.5 cm³/mol. The molecule has 1 atom stereocenters. The zero-order valence-corrected chi connectivity index (χ0v) is 11.2. The van der Waals surface area contributed by atoms with Gasteiger partial charge >= 0.3 is 0 Å². The van der Waals surface area contributed by atoms with Gasteiger partial charge in [-0.3, -0.25) is 15.4 Å². The van der Waals surface area contributed by atoms with Crippen molar-refractivity contribution in [1.29, 1.82) is 0 Å². The van der Waals surface area contributed by atoms with Gasteiger partial charge in [0.05, 0.1) is 11.3 Å².